The molecule has 0 radical (unpaired) electrons. The molecule has 1 aliphatic carbocycles. The maximum absolute atomic E-state index is 10.5. The predicted molar refractivity (Wildman–Crippen MR) is 92.4 cm³/mol. The minimum atomic E-state index is 0.00620. The average molecular weight is 326 g/mol. The second-order valence-electron chi connectivity index (χ2n) is 6.73. The Morgan fingerprint density at radius 2 is 1.96 bits per heavy atom. The Morgan fingerprint density at radius 3 is 2.71 bits per heavy atom. The number of rotatable bonds is 2. The Hall–Kier alpha value is -2.24. The first kappa shape index (κ1) is 15.3. The number of aromatic hydroxyl groups is 2. The number of fused-ring (bicyclic) bond motifs is 2. The fourth-order valence-electron chi connectivity index (χ4n) is 4.08. The summed E-state index contributed by atoms with van der Waals surface area (Å²) in [5, 5.41) is 20.6. The lowest BCUT2D eigenvalue weighted by atomic mass is 9.76. The Balaban J connectivity index is 2.07. The van der Waals surface area contributed by atoms with Crippen LogP contribution in [0, 0.1) is 6.92 Å². The first-order valence-electron chi connectivity index (χ1n) is 8.26. The summed E-state index contributed by atoms with van der Waals surface area (Å²) in [6.07, 6.45) is 1.74. The third-order valence-corrected chi connectivity index (χ3v) is 5.32. The smallest absolute Gasteiger partial charge is 0.171 e. The maximum Gasteiger partial charge on any atom is 0.171 e. The summed E-state index contributed by atoms with van der Waals surface area (Å²) in [6.45, 7) is 2.83. The van der Waals surface area contributed by atoms with E-state index in [2.05, 4.69) is 11.9 Å². The molecule has 2 aromatic rings. The van der Waals surface area contributed by atoms with Crippen molar-refractivity contribution >= 4 is 0 Å². The Morgan fingerprint density at radius 1 is 1.21 bits per heavy atom. The van der Waals surface area contributed by atoms with Gasteiger partial charge in [-0.2, -0.15) is 0 Å². The van der Waals surface area contributed by atoms with Crippen LogP contribution in [0.25, 0.3) is 11.1 Å². The van der Waals surface area contributed by atoms with Gasteiger partial charge in [0.15, 0.2) is 11.5 Å². The first-order valence-corrected chi connectivity index (χ1v) is 8.26. The van der Waals surface area contributed by atoms with Gasteiger partial charge in [0.05, 0.1) is 0 Å². The summed E-state index contributed by atoms with van der Waals surface area (Å²) in [6, 6.07) is 5.86. The van der Waals surface area contributed by atoms with Gasteiger partial charge in [0.2, 0.25) is 0 Å². The van der Waals surface area contributed by atoms with E-state index in [4.69, 9.17) is 10.5 Å². The first-order chi connectivity index (χ1) is 11.5. The number of benzene rings is 2. The van der Waals surface area contributed by atoms with E-state index in [9.17, 15) is 10.2 Å². The van der Waals surface area contributed by atoms with Gasteiger partial charge in [-0.05, 0) is 72.8 Å². The lowest BCUT2D eigenvalue weighted by molar-refractivity contribution is 0.225. The van der Waals surface area contributed by atoms with Crippen LogP contribution in [0.1, 0.15) is 28.3 Å². The molecule has 1 heterocycles. The molecule has 1 unspecified atom stereocenters. The van der Waals surface area contributed by atoms with E-state index in [1.807, 2.05) is 25.1 Å². The van der Waals surface area contributed by atoms with E-state index >= 15 is 0 Å². The van der Waals surface area contributed by atoms with Crippen molar-refractivity contribution in [3.63, 3.8) is 0 Å². The molecule has 126 valence electrons. The molecule has 4 rings (SSSR count). The monoisotopic (exact) mass is 326 g/mol. The molecule has 2 aliphatic rings. The minimum absolute atomic E-state index is 0.00620. The summed E-state index contributed by atoms with van der Waals surface area (Å²) in [7, 11) is 2.12. The lowest BCUT2D eigenvalue weighted by Crippen LogP contribution is -2.35. The molecular weight excluding hydrogens is 304 g/mol. The highest BCUT2D eigenvalue weighted by Crippen LogP contribution is 2.52. The van der Waals surface area contributed by atoms with Gasteiger partial charge in [-0.3, -0.25) is 10.6 Å². The van der Waals surface area contributed by atoms with E-state index in [0.717, 1.165) is 41.6 Å². The topological polar surface area (TPSA) is 78.9 Å². The van der Waals surface area contributed by atoms with E-state index in [1.165, 1.54) is 11.1 Å². The molecule has 1 atom stereocenters. The minimum Gasteiger partial charge on any atom is -0.508 e. The van der Waals surface area contributed by atoms with Crippen LogP contribution in [0.5, 0.6) is 17.2 Å². The second-order valence-corrected chi connectivity index (χ2v) is 6.73. The fourth-order valence-corrected chi connectivity index (χ4v) is 4.08. The van der Waals surface area contributed by atoms with Crippen LogP contribution in [0.2, 0.25) is 0 Å². The summed E-state index contributed by atoms with van der Waals surface area (Å²) < 4.78 is 5.62. The van der Waals surface area contributed by atoms with E-state index in [-0.39, 0.29) is 18.5 Å². The van der Waals surface area contributed by atoms with Gasteiger partial charge in [0.1, 0.15) is 12.5 Å². The van der Waals surface area contributed by atoms with Crippen molar-refractivity contribution in [2.75, 3.05) is 20.3 Å². The van der Waals surface area contributed by atoms with Gasteiger partial charge in [-0.1, -0.05) is 0 Å². The summed E-state index contributed by atoms with van der Waals surface area (Å²) in [5.74, 6) is 0.885. The number of ether oxygens (including phenoxy) is 1. The summed E-state index contributed by atoms with van der Waals surface area (Å²) in [5.41, 5.74) is 11.8. The van der Waals surface area contributed by atoms with Crippen LogP contribution in [-0.2, 0) is 12.8 Å². The number of phenols is 2. The standard InChI is InChI=1S/C19H22N2O3/c1-10-5-13-12(8-15(10)22)6-14-17-11(3-4-21(14)2)7-16(23)19(18(13)17)24-9-20/h5,7-8,14,22-23H,3-4,6,9,20H2,1-2H3. The SMILES string of the molecule is Cc1cc2c(cc1O)CC1c3c(cc(O)c(OCN)c3-2)CCN1C. The molecule has 0 spiro atoms. The highest BCUT2D eigenvalue weighted by molar-refractivity contribution is 5.84. The number of nitrogens with zero attached hydrogens (tertiary/aromatic N) is 1. The predicted octanol–water partition coefficient (Wildman–Crippen LogP) is 2.45. The Bertz CT molecular complexity index is 832. The van der Waals surface area contributed by atoms with E-state index < -0.39 is 0 Å². The Labute approximate surface area is 141 Å². The van der Waals surface area contributed by atoms with Gasteiger partial charge in [0, 0.05) is 18.2 Å². The van der Waals surface area contributed by atoms with Gasteiger partial charge >= 0.3 is 0 Å². The molecule has 5 nitrogen and oxygen atoms in total. The van der Waals surface area contributed by atoms with Crippen molar-refractivity contribution in [2.45, 2.75) is 25.8 Å². The number of phenolic OH excluding ortho intramolecular Hbond substituents is 2. The van der Waals surface area contributed by atoms with Crippen molar-refractivity contribution in [2.24, 2.45) is 5.73 Å². The van der Waals surface area contributed by atoms with Crippen LogP contribution in [0.4, 0.5) is 0 Å². The van der Waals surface area contributed by atoms with Crippen molar-refractivity contribution in [1.82, 2.24) is 4.90 Å². The van der Waals surface area contributed by atoms with Gasteiger partial charge < -0.3 is 14.9 Å². The molecule has 0 saturated heterocycles. The zero-order valence-electron chi connectivity index (χ0n) is 14.0. The number of aryl methyl sites for hydroxylation is 1. The molecular formula is C19H22N2O3. The molecule has 24 heavy (non-hydrogen) atoms. The Kier molecular flexibility index (Phi) is 3.44. The van der Waals surface area contributed by atoms with Gasteiger partial charge in [-0.15, -0.1) is 0 Å². The molecule has 0 fully saturated rings. The summed E-state index contributed by atoms with van der Waals surface area (Å²) >= 11 is 0. The molecule has 0 aromatic heterocycles. The maximum atomic E-state index is 10.5. The van der Waals surface area contributed by atoms with Crippen molar-refractivity contribution < 1.29 is 14.9 Å². The van der Waals surface area contributed by atoms with Crippen molar-refractivity contribution in [1.29, 1.82) is 0 Å². The summed E-state index contributed by atoms with van der Waals surface area (Å²) in [4.78, 5) is 2.33. The zero-order chi connectivity index (χ0) is 17.0. The zero-order valence-corrected chi connectivity index (χ0v) is 14.0. The normalized spacial score (nSPS) is 18.9. The number of nitrogens with two attached hydrogens (primary N) is 1. The van der Waals surface area contributed by atoms with Crippen molar-refractivity contribution in [3.8, 4) is 28.4 Å². The van der Waals surface area contributed by atoms with Crippen LogP contribution < -0.4 is 10.5 Å². The van der Waals surface area contributed by atoms with Gasteiger partial charge in [-0.25, -0.2) is 0 Å². The highest BCUT2D eigenvalue weighted by atomic mass is 16.5. The highest BCUT2D eigenvalue weighted by Gasteiger charge is 2.36. The fraction of sp³-hybridized carbons (Fsp3) is 0.368. The van der Waals surface area contributed by atoms with Crippen LogP contribution in [0.3, 0.4) is 0 Å². The average Bonchev–Trinajstić information content (AvgIpc) is 2.55. The van der Waals surface area contributed by atoms with Gasteiger partial charge in [0.25, 0.3) is 0 Å². The molecule has 4 N–H and O–H groups in total. The van der Waals surface area contributed by atoms with E-state index in [1.54, 1.807) is 0 Å². The molecule has 0 amide bonds. The molecule has 0 bridgehead atoms. The quantitative estimate of drug-likeness (QED) is 0.739. The lowest BCUT2D eigenvalue weighted by Gasteiger charge is -2.40. The molecule has 5 heteroatoms. The number of likely N-dealkylation sites (N-methyl/N-ethyl adjacent to an activating group) is 1. The number of hydrogen-bond donors (Lipinski definition) is 3. The third kappa shape index (κ3) is 2.08. The largest absolute Gasteiger partial charge is 0.508 e. The molecule has 1 aliphatic heterocycles. The number of hydrogen-bond acceptors (Lipinski definition) is 5. The van der Waals surface area contributed by atoms with Crippen molar-refractivity contribution in [3.05, 3.63) is 40.5 Å². The third-order valence-electron chi connectivity index (χ3n) is 5.32. The van der Waals surface area contributed by atoms with E-state index in [0.29, 0.717) is 11.5 Å². The molecule has 0 saturated carbocycles. The van der Waals surface area contributed by atoms with Crippen LogP contribution >= 0.6 is 0 Å². The second kappa shape index (κ2) is 5.40. The van der Waals surface area contributed by atoms with Crippen LogP contribution in [0.15, 0.2) is 18.2 Å². The van der Waals surface area contributed by atoms with Crippen LogP contribution in [-0.4, -0.2) is 35.4 Å². The molecule has 2 aromatic carbocycles.